The number of hydrogen-bond acceptors (Lipinski definition) is 6. The number of carbonyl (C=O) groups is 1. The van der Waals surface area contributed by atoms with Gasteiger partial charge >= 0.3 is 0 Å². The summed E-state index contributed by atoms with van der Waals surface area (Å²) in [6, 6.07) is 7.47. The molecule has 0 unspecified atom stereocenters. The van der Waals surface area contributed by atoms with Crippen molar-refractivity contribution in [2.24, 2.45) is 0 Å². The molecule has 0 fully saturated rings. The fourth-order valence-electron chi connectivity index (χ4n) is 2.15. The number of phenolic OH excluding ortho intramolecular Hbond substituents is 2. The lowest BCUT2D eigenvalue weighted by Crippen LogP contribution is -2.08. The molecule has 2 aromatic carbocycles. The SMILES string of the molecule is COc1cc(NC(=O)/C=C/c2ccc(O)c(O)c2)cc(OC)c1OC. The number of amides is 1. The Morgan fingerprint density at radius 1 is 0.960 bits per heavy atom. The minimum Gasteiger partial charge on any atom is -0.504 e. The lowest BCUT2D eigenvalue weighted by atomic mass is 10.2. The standard InChI is InChI=1S/C18H19NO6/c1-23-15-9-12(10-16(24-2)18(15)25-3)19-17(22)7-5-11-4-6-13(20)14(21)8-11/h4-10,20-21H,1-3H3,(H,19,22)/b7-5+. The number of benzene rings is 2. The fourth-order valence-corrected chi connectivity index (χ4v) is 2.15. The van der Waals surface area contributed by atoms with Crippen LogP contribution in [0.4, 0.5) is 5.69 Å². The molecule has 0 saturated heterocycles. The van der Waals surface area contributed by atoms with E-state index >= 15 is 0 Å². The Bertz CT molecular complexity index is 775. The molecular weight excluding hydrogens is 326 g/mol. The lowest BCUT2D eigenvalue weighted by molar-refractivity contribution is -0.111. The van der Waals surface area contributed by atoms with Gasteiger partial charge in [-0.25, -0.2) is 0 Å². The predicted octanol–water partition coefficient (Wildman–Crippen LogP) is 2.78. The number of ether oxygens (including phenoxy) is 3. The smallest absolute Gasteiger partial charge is 0.248 e. The molecule has 0 radical (unpaired) electrons. The summed E-state index contributed by atoms with van der Waals surface area (Å²) in [6.45, 7) is 0. The number of aromatic hydroxyl groups is 2. The van der Waals surface area contributed by atoms with Crippen molar-refractivity contribution in [1.82, 2.24) is 0 Å². The van der Waals surface area contributed by atoms with E-state index in [0.717, 1.165) is 0 Å². The van der Waals surface area contributed by atoms with Crippen LogP contribution in [0.3, 0.4) is 0 Å². The summed E-state index contributed by atoms with van der Waals surface area (Å²) in [5, 5.41) is 21.4. The second kappa shape index (κ2) is 7.96. The third-order valence-electron chi connectivity index (χ3n) is 3.36. The molecule has 1 amide bonds. The van der Waals surface area contributed by atoms with E-state index in [1.807, 2.05) is 0 Å². The second-order valence-electron chi connectivity index (χ2n) is 4.98. The van der Waals surface area contributed by atoms with Crippen LogP contribution in [-0.4, -0.2) is 37.4 Å². The van der Waals surface area contributed by atoms with Gasteiger partial charge in [0.1, 0.15) is 0 Å². The second-order valence-corrected chi connectivity index (χ2v) is 4.98. The molecular formula is C18H19NO6. The molecule has 0 aliphatic carbocycles. The summed E-state index contributed by atoms with van der Waals surface area (Å²) >= 11 is 0. The van der Waals surface area contributed by atoms with Crippen LogP contribution in [0, 0.1) is 0 Å². The number of hydrogen-bond donors (Lipinski definition) is 3. The van der Waals surface area contributed by atoms with Crippen molar-refractivity contribution >= 4 is 17.7 Å². The van der Waals surface area contributed by atoms with Crippen LogP contribution in [0.25, 0.3) is 6.08 Å². The zero-order valence-electron chi connectivity index (χ0n) is 14.1. The maximum absolute atomic E-state index is 12.1. The van der Waals surface area contributed by atoms with Crippen LogP contribution in [0.2, 0.25) is 0 Å². The third kappa shape index (κ3) is 4.35. The number of phenols is 2. The van der Waals surface area contributed by atoms with E-state index in [9.17, 15) is 15.0 Å². The summed E-state index contributed by atoms with van der Waals surface area (Å²) in [5.41, 5.74) is 1.04. The van der Waals surface area contributed by atoms with Crippen molar-refractivity contribution in [1.29, 1.82) is 0 Å². The van der Waals surface area contributed by atoms with E-state index in [2.05, 4.69) is 5.32 Å². The lowest BCUT2D eigenvalue weighted by Gasteiger charge is -2.14. The van der Waals surface area contributed by atoms with Gasteiger partial charge in [0.2, 0.25) is 11.7 Å². The normalized spacial score (nSPS) is 10.5. The van der Waals surface area contributed by atoms with Gasteiger partial charge in [0, 0.05) is 23.9 Å². The highest BCUT2D eigenvalue weighted by Gasteiger charge is 2.13. The number of nitrogens with one attached hydrogen (secondary N) is 1. The average molecular weight is 345 g/mol. The van der Waals surface area contributed by atoms with E-state index in [1.54, 1.807) is 18.2 Å². The van der Waals surface area contributed by atoms with E-state index in [1.165, 1.54) is 45.6 Å². The molecule has 0 bridgehead atoms. The minimum atomic E-state index is -0.387. The van der Waals surface area contributed by atoms with Gasteiger partial charge in [-0.1, -0.05) is 6.07 Å². The molecule has 2 rings (SSSR count). The number of methoxy groups -OCH3 is 3. The summed E-state index contributed by atoms with van der Waals surface area (Å²) < 4.78 is 15.7. The van der Waals surface area contributed by atoms with Gasteiger partial charge in [-0.15, -0.1) is 0 Å². The summed E-state index contributed by atoms with van der Waals surface area (Å²) in [6.07, 6.45) is 2.81. The van der Waals surface area contributed by atoms with Crippen LogP contribution in [0.15, 0.2) is 36.4 Å². The van der Waals surface area contributed by atoms with Crippen LogP contribution in [0.1, 0.15) is 5.56 Å². The Kier molecular flexibility index (Phi) is 5.73. The monoisotopic (exact) mass is 345 g/mol. The summed E-state index contributed by atoms with van der Waals surface area (Å²) in [7, 11) is 4.47. The molecule has 0 aliphatic rings. The van der Waals surface area contributed by atoms with E-state index < -0.39 is 0 Å². The highest BCUT2D eigenvalue weighted by Crippen LogP contribution is 2.39. The Labute approximate surface area is 145 Å². The fraction of sp³-hybridized carbons (Fsp3) is 0.167. The summed E-state index contributed by atoms with van der Waals surface area (Å²) in [5.74, 6) is 0.403. The maximum Gasteiger partial charge on any atom is 0.248 e. The molecule has 7 heteroatoms. The molecule has 0 aromatic heterocycles. The zero-order chi connectivity index (χ0) is 18.4. The van der Waals surface area contributed by atoms with Crippen molar-refractivity contribution in [3.8, 4) is 28.7 Å². The third-order valence-corrected chi connectivity index (χ3v) is 3.36. The largest absolute Gasteiger partial charge is 0.504 e. The van der Waals surface area contributed by atoms with E-state index in [0.29, 0.717) is 28.5 Å². The highest BCUT2D eigenvalue weighted by molar-refractivity contribution is 6.02. The van der Waals surface area contributed by atoms with Crippen molar-refractivity contribution in [2.75, 3.05) is 26.6 Å². The summed E-state index contributed by atoms with van der Waals surface area (Å²) in [4.78, 5) is 12.1. The Balaban J connectivity index is 2.17. The first-order valence-corrected chi connectivity index (χ1v) is 7.29. The Morgan fingerprint density at radius 3 is 2.12 bits per heavy atom. The number of carbonyl (C=O) groups excluding carboxylic acids is 1. The van der Waals surface area contributed by atoms with Crippen LogP contribution in [0.5, 0.6) is 28.7 Å². The average Bonchev–Trinajstić information content (AvgIpc) is 2.61. The van der Waals surface area contributed by atoms with Crippen molar-refractivity contribution in [3.05, 3.63) is 42.0 Å². The minimum absolute atomic E-state index is 0.223. The van der Waals surface area contributed by atoms with Gasteiger partial charge in [-0.05, 0) is 23.8 Å². The quantitative estimate of drug-likeness (QED) is 0.550. The molecule has 0 saturated carbocycles. The maximum atomic E-state index is 12.1. The molecule has 2 aromatic rings. The van der Waals surface area contributed by atoms with Gasteiger partial charge in [0.15, 0.2) is 23.0 Å². The van der Waals surface area contributed by atoms with E-state index in [4.69, 9.17) is 14.2 Å². The van der Waals surface area contributed by atoms with Gasteiger partial charge < -0.3 is 29.7 Å². The molecule has 3 N–H and O–H groups in total. The Hall–Kier alpha value is -3.35. The van der Waals surface area contributed by atoms with Crippen molar-refractivity contribution in [3.63, 3.8) is 0 Å². The predicted molar refractivity (Wildman–Crippen MR) is 93.5 cm³/mol. The molecule has 7 nitrogen and oxygen atoms in total. The molecule has 25 heavy (non-hydrogen) atoms. The number of anilines is 1. The van der Waals surface area contributed by atoms with Crippen LogP contribution in [-0.2, 0) is 4.79 Å². The van der Waals surface area contributed by atoms with Crippen LogP contribution < -0.4 is 19.5 Å². The molecule has 0 atom stereocenters. The van der Waals surface area contributed by atoms with Gasteiger partial charge in [-0.2, -0.15) is 0 Å². The molecule has 0 spiro atoms. The first kappa shape index (κ1) is 18.0. The van der Waals surface area contributed by atoms with E-state index in [-0.39, 0.29) is 17.4 Å². The topological polar surface area (TPSA) is 97.3 Å². The Morgan fingerprint density at radius 2 is 1.60 bits per heavy atom. The first-order chi connectivity index (χ1) is 12.0. The zero-order valence-corrected chi connectivity index (χ0v) is 14.1. The van der Waals surface area contributed by atoms with Gasteiger partial charge in [0.25, 0.3) is 0 Å². The van der Waals surface area contributed by atoms with Gasteiger partial charge in [0.05, 0.1) is 21.3 Å². The molecule has 0 heterocycles. The van der Waals surface area contributed by atoms with Crippen molar-refractivity contribution in [2.45, 2.75) is 0 Å². The highest BCUT2D eigenvalue weighted by atomic mass is 16.5. The number of rotatable bonds is 6. The molecule has 132 valence electrons. The first-order valence-electron chi connectivity index (χ1n) is 7.29. The van der Waals surface area contributed by atoms with Crippen molar-refractivity contribution < 1.29 is 29.2 Å². The van der Waals surface area contributed by atoms with Crippen LogP contribution >= 0.6 is 0 Å². The molecule has 0 aliphatic heterocycles. The van der Waals surface area contributed by atoms with Gasteiger partial charge in [-0.3, -0.25) is 4.79 Å².